The number of carboxylic acid groups (broad SMARTS) is 1. The lowest BCUT2D eigenvalue weighted by molar-refractivity contribution is -0.144. The number of amides is 1. The van der Waals surface area contributed by atoms with Crippen molar-refractivity contribution < 1.29 is 14.7 Å². The van der Waals surface area contributed by atoms with Gasteiger partial charge in [-0.3, -0.25) is 9.59 Å². The van der Waals surface area contributed by atoms with Crippen LogP contribution in [0.15, 0.2) is 47.2 Å². The molecule has 110 valence electrons. The molecule has 1 heterocycles. The number of benzene rings is 1. The van der Waals surface area contributed by atoms with Gasteiger partial charge >= 0.3 is 5.97 Å². The van der Waals surface area contributed by atoms with E-state index in [0.29, 0.717) is 19.4 Å². The summed E-state index contributed by atoms with van der Waals surface area (Å²) >= 11 is 1.59. The minimum absolute atomic E-state index is 0.132. The molecule has 1 N–H and O–H groups in total. The minimum atomic E-state index is -0.991. The Morgan fingerprint density at radius 3 is 2.48 bits per heavy atom. The predicted molar refractivity (Wildman–Crippen MR) is 82.1 cm³/mol. The molecular weight excluding hydrogens is 286 g/mol. The molecule has 1 amide bonds. The zero-order chi connectivity index (χ0) is 15.1. The van der Waals surface area contributed by atoms with Gasteiger partial charge in [0.25, 0.3) is 0 Å². The van der Waals surface area contributed by atoms with E-state index in [0.717, 1.165) is 11.1 Å². The van der Waals surface area contributed by atoms with Gasteiger partial charge in [0, 0.05) is 13.0 Å². The summed E-state index contributed by atoms with van der Waals surface area (Å²) in [6, 6.07) is 11.4. The number of rotatable bonds is 7. The molecule has 21 heavy (non-hydrogen) atoms. The van der Waals surface area contributed by atoms with Gasteiger partial charge in [-0.25, -0.2) is 0 Å². The zero-order valence-electron chi connectivity index (χ0n) is 11.6. The quantitative estimate of drug-likeness (QED) is 0.855. The highest BCUT2D eigenvalue weighted by molar-refractivity contribution is 7.07. The molecule has 5 heteroatoms. The van der Waals surface area contributed by atoms with Crippen LogP contribution in [-0.4, -0.2) is 28.4 Å². The van der Waals surface area contributed by atoms with Crippen molar-refractivity contribution in [2.75, 3.05) is 6.54 Å². The molecule has 1 aromatic heterocycles. The van der Waals surface area contributed by atoms with Crippen LogP contribution in [0.25, 0.3) is 0 Å². The molecule has 0 aliphatic heterocycles. The molecular formula is C16H17NO3S. The van der Waals surface area contributed by atoms with Crippen molar-refractivity contribution in [2.24, 2.45) is 0 Å². The lowest BCUT2D eigenvalue weighted by Gasteiger charge is -2.20. The molecule has 0 spiro atoms. The van der Waals surface area contributed by atoms with Gasteiger partial charge < -0.3 is 10.0 Å². The number of nitrogens with zero attached hydrogens (tertiary/aromatic N) is 1. The van der Waals surface area contributed by atoms with Crippen LogP contribution in [0.5, 0.6) is 0 Å². The van der Waals surface area contributed by atoms with Crippen LogP contribution in [0.2, 0.25) is 0 Å². The second kappa shape index (κ2) is 7.59. The van der Waals surface area contributed by atoms with E-state index in [4.69, 9.17) is 5.11 Å². The second-order valence-electron chi connectivity index (χ2n) is 4.76. The van der Waals surface area contributed by atoms with Gasteiger partial charge in [-0.2, -0.15) is 11.3 Å². The summed E-state index contributed by atoms with van der Waals surface area (Å²) in [5.74, 6) is -1.12. The highest BCUT2D eigenvalue weighted by Crippen LogP contribution is 2.11. The fourth-order valence-corrected chi connectivity index (χ4v) is 2.75. The summed E-state index contributed by atoms with van der Waals surface area (Å²) < 4.78 is 0. The van der Waals surface area contributed by atoms with Crippen LogP contribution in [0.4, 0.5) is 0 Å². The maximum absolute atomic E-state index is 12.2. The van der Waals surface area contributed by atoms with Crippen LogP contribution in [0.3, 0.4) is 0 Å². The normalized spacial score (nSPS) is 10.3. The first kappa shape index (κ1) is 15.3. The largest absolute Gasteiger partial charge is 0.480 e. The summed E-state index contributed by atoms with van der Waals surface area (Å²) in [4.78, 5) is 24.6. The number of thiophene rings is 1. The van der Waals surface area contributed by atoms with E-state index in [2.05, 4.69) is 0 Å². The van der Waals surface area contributed by atoms with Gasteiger partial charge in [0.15, 0.2) is 0 Å². The van der Waals surface area contributed by atoms with Crippen LogP contribution in [0, 0.1) is 0 Å². The topological polar surface area (TPSA) is 57.6 Å². The van der Waals surface area contributed by atoms with Crippen molar-refractivity contribution in [1.29, 1.82) is 0 Å². The van der Waals surface area contributed by atoms with Gasteiger partial charge in [-0.15, -0.1) is 0 Å². The van der Waals surface area contributed by atoms with Crippen molar-refractivity contribution in [3.8, 4) is 0 Å². The molecule has 2 aromatic rings. The monoisotopic (exact) mass is 303 g/mol. The third-order valence-electron chi connectivity index (χ3n) is 3.10. The van der Waals surface area contributed by atoms with E-state index in [-0.39, 0.29) is 12.5 Å². The summed E-state index contributed by atoms with van der Waals surface area (Å²) in [7, 11) is 0. The second-order valence-corrected chi connectivity index (χ2v) is 5.54. The van der Waals surface area contributed by atoms with Gasteiger partial charge in [0.2, 0.25) is 5.91 Å². The van der Waals surface area contributed by atoms with Gasteiger partial charge in [-0.1, -0.05) is 30.3 Å². The average Bonchev–Trinajstić information content (AvgIpc) is 2.98. The minimum Gasteiger partial charge on any atom is -0.480 e. The first-order chi connectivity index (χ1) is 10.1. The Labute approximate surface area is 127 Å². The molecule has 0 saturated heterocycles. The van der Waals surface area contributed by atoms with E-state index < -0.39 is 5.97 Å². The van der Waals surface area contributed by atoms with Crippen molar-refractivity contribution in [2.45, 2.75) is 19.4 Å². The summed E-state index contributed by atoms with van der Waals surface area (Å²) in [5.41, 5.74) is 2.05. The van der Waals surface area contributed by atoms with E-state index in [1.807, 2.05) is 47.2 Å². The predicted octanol–water partition coefficient (Wildman–Crippen LogP) is 2.79. The molecule has 0 aliphatic carbocycles. The van der Waals surface area contributed by atoms with Gasteiger partial charge in [0.1, 0.15) is 6.54 Å². The third kappa shape index (κ3) is 5.04. The molecule has 0 aliphatic rings. The molecule has 0 unspecified atom stereocenters. The third-order valence-corrected chi connectivity index (χ3v) is 3.83. The van der Waals surface area contributed by atoms with Crippen LogP contribution < -0.4 is 0 Å². The van der Waals surface area contributed by atoms with Crippen molar-refractivity contribution >= 4 is 23.2 Å². The number of carbonyl (C=O) groups excluding carboxylic acids is 1. The van der Waals surface area contributed by atoms with Crippen molar-refractivity contribution in [3.63, 3.8) is 0 Å². The number of hydrogen-bond donors (Lipinski definition) is 1. The summed E-state index contributed by atoms with van der Waals surface area (Å²) in [5, 5.41) is 12.9. The Hall–Kier alpha value is -2.14. The SMILES string of the molecule is O=C(O)CN(Cc1ccccc1)C(=O)CCc1ccsc1. The first-order valence-electron chi connectivity index (χ1n) is 6.69. The fourth-order valence-electron chi connectivity index (χ4n) is 2.04. The molecule has 2 rings (SSSR count). The molecule has 1 aromatic carbocycles. The van der Waals surface area contributed by atoms with Crippen LogP contribution in [-0.2, 0) is 22.6 Å². The molecule has 0 atom stereocenters. The fraction of sp³-hybridized carbons (Fsp3) is 0.250. The van der Waals surface area contributed by atoms with E-state index in [1.165, 1.54) is 4.90 Å². The van der Waals surface area contributed by atoms with E-state index in [9.17, 15) is 9.59 Å². The Morgan fingerprint density at radius 1 is 1.10 bits per heavy atom. The molecule has 4 nitrogen and oxygen atoms in total. The average molecular weight is 303 g/mol. The smallest absolute Gasteiger partial charge is 0.323 e. The standard InChI is InChI=1S/C16H17NO3S/c18-15(7-6-14-8-9-21-12-14)17(11-16(19)20)10-13-4-2-1-3-5-13/h1-5,8-9,12H,6-7,10-11H2,(H,19,20). The number of hydrogen-bond acceptors (Lipinski definition) is 3. The Bertz CT molecular complexity index is 581. The number of carboxylic acids is 1. The molecule has 0 radical (unpaired) electrons. The molecule has 0 bridgehead atoms. The first-order valence-corrected chi connectivity index (χ1v) is 7.64. The lowest BCUT2D eigenvalue weighted by Crippen LogP contribution is -2.35. The van der Waals surface area contributed by atoms with Crippen molar-refractivity contribution in [1.82, 2.24) is 4.90 Å². The maximum Gasteiger partial charge on any atom is 0.323 e. The Kier molecular flexibility index (Phi) is 5.51. The van der Waals surface area contributed by atoms with Gasteiger partial charge in [0.05, 0.1) is 0 Å². The van der Waals surface area contributed by atoms with Crippen molar-refractivity contribution in [3.05, 3.63) is 58.3 Å². The number of carbonyl (C=O) groups is 2. The van der Waals surface area contributed by atoms with Crippen LogP contribution in [0.1, 0.15) is 17.5 Å². The lowest BCUT2D eigenvalue weighted by atomic mass is 10.1. The summed E-state index contributed by atoms with van der Waals surface area (Å²) in [6.07, 6.45) is 0.976. The molecule has 0 fully saturated rings. The Balaban J connectivity index is 1.97. The van der Waals surface area contributed by atoms with E-state index >= 15 is 0 Å². The zero-order valence-corrected chi connectivity index (χ0v) is 12.4. The Morgan fingerprint density at radius 2 is 1.86 bits per heavy atom. The highest BCUT2D eigenvalue weighted by Gasteiger charge is 2.17. The van der Waals surface area contributed by atoms with Gasteiger partial charge in [-0.05, 0) is 34.4 Å². The maximum atomic E-state index is 12.2. The number of aliphatic carboxylic acids is 1. The van der Waals surface area contributed by atoms with E-state index in [1.54, 1.807) is 11.3 Å². The highest BCUT2D eigenvalue weighted by atomic mass is 32.1. The van der Waals surface area contributed by atoms with Crippen LogP contribution >= 0.6 is 11.3 Å². The molecule has 0 saturated carbocycles. The summed E-state index contributed by atoms with van der Waals surface area (Å²) in [6.45, 7) is 0.0625. The number of aryl methyl sites for hydroxylation is 1.